The first-order valence-electron chi connectivity index (χ1n) is 15.3. The molecule has 48 heavy (non-hydrogen) atoms. The lowest BCUT2D eigenvalue weighted by molar-refractivity contribution is -0.129. The summed E-state index contributed by atoms with van der Waals surface area (Å²) >= 11 is 0. The molecular weight excluding hydrogens is 596 g/mol. The average molecular weight is 633 g/mol. The van der Waals surface area contributed by atoms with Gasteiger partial charge in [-0.25, -0.2) is 9.59 Å². The maximum absolute atomic E-state index is 11.4. The van der Waals surface area contributed by atoms with Crippen molar-refractivity contribution in [2.45, 2.75) is 0 Å². The standard InChI is InChI=1S/C42H36N2O4/c1-5-41(45)47-39-27-23-37(24-28-39)43(3)35-19-15-33(16-20-35)13-11-31-7-9-32(10-8-31)12-14-34-17-21-36(22-18-34)44(4)38-25-29-40(30-26-38)48-42(46)6-2/h5-30H,1-2H2,3-4H3. The minimum Gasteiger partial charge on any atom is -0.423 e. The number of rotatable bonds is 12. The van der Waals surface area contributed by atoms with Gasteiger partial charge in [-0.1, -0.05) is 86.0 Å². The van der Waals surface area contributed by atoms with E-state index >= 15 is 0 Å². The molecule has 0 bridgehead atoms. The van der Waals surface area contributed by atoms with Gasteiger partial charge in [-0.05, 0) is 95.1 Å². The molecule has 0 aliphatic carbocycles. The van der Waals surface area contributed by atoms with Gasteiger partial charge in [0.1, 0.15) is 11.5 Å². The maximum Gasteiger partial charge on any atom is 0.335 e. The van der Waals surface area contributed by atoms with Crippen LogP contribution in [0.15, 0.2) is 147 Å². The molecule has 5 aromatic rings. The largest absolute Gasteiger partial charge is 0.423 e. The molecule has 0 heterocycles. The molecule has 0 saturated carbocycles. The van der Waals surface area contributed by atoms with Crippen LogP contribution in [0.1, 0.15) is 22.3 Å². The van der Waals surface area contributed by atoms with Gasteiger partial charge in [-0.3, -0.25) is 0 Å². The smallest absolute Gasteiger partial charge is 0.335 e. The first-order chi connectivity index (χ1) is 23.3. The van der Waals surface area contributed by atoms with Crippen LogP contribution >= 0.6 is 0 Å². The molecular formula is C42H36N2O4. The van der Waals surface area contributed by atoms with Crippen molar-refractivity contribution in [2.24, 2.45) is 0 Å². The van der Waals surface area contributed by atoms with E-state index in [0.29, 0.717) is 11.5 Å². The van der Waals surface area contributed by atoms with Crippen molar-refractivity contribution in [1.82, 2.24) is 0 Å². The average Bonchev–Trinajstić information content (AvgIpc) is 3.14. The summed E-state index contributed by atoms with van der Waals surface area (Å²) in [6.07, 6.45) is 10.7. The third kappa shape index (κ3) is 8.86. The second-order valence-electron chi connectivity index (χ2n) is 10.9. The highest BCUT2D eigenvalue weighted by atomic mass is 16.5. The zero-order valence-corrected chi connectivity index (χ0v) is 27.0. The Morgan fingerprint density at radius 2 is 0.667 bits per heavy atom. The molecule has 0 N–H and O–H groups in total. The Labute approximate surface area is 281 Å². The van der Waals surface area contributed by atoms with E-state index in [-0.39, 0.29) is 0 Å². The summed E-state index contributed by atoms with van der Waals surface area (Å²) in [5.74, 6) is 0.00197. The molecule has 0 spiro atoms. The molecule has 0 fully saturated rings. The molecule has 0 aliphatic rings. The fraction of sp³-hybridized carbons (Fsp3) is 0.0476. The maximum atomic E-state index is 11.4. The molecule has 238 valence electrons. The number of hydrogen-bond acceptors (Lipinski definition) is 6. The molecule has 0 saturated heterocycles. The lowest BCUT2D eigenvalue weighted by atomic mass is 10.1. The second-order valence-corrected chi connectivity index (χ2v) is 10.9. The van der Waals surface area contributed by atoms with Crippen molar-refractivity contribution in [3.05, 3.63) is 169 Å². The van der Waals surface area contributed by atoms with Crippen LogP contribution in [0.2, 0.25) is 0 Å². The number of carbonyl (C=O) groups excluding carboxylic acids is 2. The summed E-state index contributed by atoms with van der Waals surface area (Å²) in [5, 5.41) is 0. The van der Waals surface area contributed by atoms with Gasteiger partial charge in [0.25, 0.3) is 0 Å². The van der Waals surface area contributed by atoms with E-state index in [4.69, 9.17) is 9.47 Å². The van der Waals surface area contributed by atoms with E-state index < -0.39 is 11.9 Å². The first-order valence-corrected chi connectivity index (χ1v) is 15.3. The highest BCUT2D eigenvalue weighted by Crippen LogP contribution is 2.28. The molecule has 6 heteroatoms. The SMILES string of the molecule is C=CC(=O)Oc1ccc(N(C)c2ccc(C=Cc3ccc(C=Cc4ccc(N(C)c5ccc(OC(=O)C=C)cc5)cc4)cc3)cc2)cc1. The summed E-state index contributed by atoms with van der Waals surface area (Å²) < 4.78 is 10.3. The van der Waals surface area contributed by atoms with Gasteiger partial charge in [0, 0.05) is 49.0 Å². The van der Waals surface area contributed by atoms with Crippen molar-refractivity contribution < 1.29 is 19.1 Å². The summed E-state index contributed by atoms with van der Waals surface area (Å²) in [7, 11) is 3.99. The third-order valence-corrected chi connectivity index (χ3v) is 7.65. The molecule has 0 aromatic heterocycles. The number of esters is 2. The van der Waals surface area contributed by atoms with Crippen molar-refractivity contribution in [3.8, 4) is 11.5 Å². The van der Waals surface area contributed by atoms with Crippen LogP contribution in [0.5, 0.6) is 11.5 Å². The number of hydrogen-bond donors (Lipinski definition) is 0. The molecule has 0 radical (unpaired) electrons. The van der Waals surface area contributed by atoms with E-state index in [9.17, 15) is 9.59 Å². The Morgan fingerprint density at radius 1 is 0.438 bits per heavy atom. The fourth-order valence-electron chi connectivity index (χ4n) is 4.81. The van der Waals surface area contributed by atoms with E-state index in [1.54, 1.807) is 24.3 Å². The predicted molar refractivity (Wildman–Crippen MR) is 198 cm³/mol. The van der Waals surface area contributed by atoms with Gasteiger partial charge < -0.3 is 19.3 Å². The van der Waals surface area contributed by atoms with Gasteiger partial charge >= 0.3 is 11.9 Å². The Bertz CT molecular complexity index is 1780. The van der Waals surface area contributed by atoms with E-state index in [0.717, 1.165) is 57.2 Å². The third-order valence-electron chi connectivity index (χ3n) is 7.65. The summed E-state index contributed by atoms with van der Waals surface area (Å²) in [6, 6.07) is 39.8. The van der Waals surface area contributed by atoms with Crippen molar-refractivity contribution in [2.75, 3.05) is 23.9 Å². The number of benzene rings is 5. The molecule has 0 amide bonds. The topological polar surface area (TPSA) is 59.1 Å². The van der Waals surface area contributed by atoms with E-state index in [1.807, 2.05) is 38.4 Å². The van der Waals surface area contributed by atoms with Gasteiger partial charge in [0.05, 0.1) is 0 Å². The summed E-state index contributed by atoms with van der Waals surface area (Å²) in [6.45, 7) is 6.84. The Morgan fingerprint density at radius 3 is 0.917 bits per heavy atom. The number of carbonyl (C=O) groups is 2. The lowest BCUT2D eigenvalue weighted by Crippen LogP contribution is -2.09. The summed E-state index contributed by atoms with van der Waals surface area (Å²) in [5.41, 5.74) is 8.47. The van der Waals surface area contributed by atoms with Gasteiger partial charge in [-0.15, -0.1) is 0 Å². The monoisotopic (exact) mass is 632 g/mol. The Kier molecular flexibility index (Phi) is 10.8. The van der Waals surface area contributed by atoms with Crippen molar-refractivity contribution in [1.29, 1.82) is 0 Å². The Balaban J connectivity index is 1.13. The van der Waals surface area contributed by atoms with Crippen LogP contribution in [0, 0.1) is 0 Å². The minimum atomic E-state index is -0.479. The minimum absolute atomic E-state index is 0.479. The van der Waals surface area contributed by atoms with Crippen molar-refractivity contribution >= 4 is 59.0 Å². The first kappa shape index (κ1) is 33.0. The van der Waals surface area contributed by atoms with Gasteiger partial charge in [-0.2, -0.15) is 0 Å². The highest BCUT2D eigenvalue weighted by Gasteiger charge is 2.07. The molecule has 0 unspecified atom stereocenters. The summed E-state index contributed by atoms with van der Waals surface area (Å²) in [4.78, 5) is 26.9. The van der Waals surface area contributed by atoms with Gasteiger partial charge in [0.2, 0.25) is 0 Å². The number of nitrogens with zero attached hydrogens (tertiary/aromatic N) is 2. The normalized spacial score (nSPS) is 10.9. The highest BCUT2D eigenvalue weighted by molar-refractivity contribution is 5.84. The lowest BCUT2D eigenvalue weighted by Gasteiger charge is -2.20. The van der Waals surface area contributed by atoms with Crippen LogP contribution < -0.4 is 19.3 Å². The van der Waals surface area contributed by atoms with Crippen molar-refractivity contribution in [3.63, 3.8) is 0 Å². The number of ether oxygens (including phenoxy) is 2. The molecule has 5 aromatic carbocycles. The number of anilines is 4. The van der Waals surface area contributed by atoms with Crippen LogP contribution in [-0.4, -0.2) is 26.0 Å². The van der Waals surface area contributed by atoms with Crippen LogP contribution in [0.25, 0.3) is 24.3 Å². The quantitative estimate of drug-likeness (QED) is 0.0591. The molecule has 5 rings (SSSR count). The second kappa shape index (κ2) is 15.7. The predicted octanol–water partition coefficient (Wildman–Crippen LogP) is 9.75. The zero-order valence-electron chi connectivity index (χ0n) is 27.0. The van der Waals surface area contributed by atoms with Crippen LogP contribution in [0.3, 0.4) is 0 Å². The molecule has 6 nitrogen and oxygen atoms in total. The zero-order chi connectivity index (χ0) is 33.9. The molecule has 0 atom stereocenters. The van der Waals surface area contributed by atoms with Crippen LogP contribution in [-0.2, 0) is 9.59 Å². The molecule has 0 aliphatic heterocycles. The van der Waals surface area contributed by atoms with Gasteiger partial charge in [0.15, 0.2) is 0 Å². The van der Waals surface area contributed by atoms with E-state index in [1.165, 1.54) is 0 Å². The fourth-order valence-corrected chi connectivity index (χ4v) is 4.81. The Hall–Kier alpha value is -6.40. The van der Waals surface area contributed by atoms with E-state index in [2.05, 4.69) is 120 Å². The van der Waals surface area contributed by atoms with Crippen LogP contribution in [0.4, 0.5) is 22.7 Å².